The standard InChI is InChI=1S/C17H23NO3/c1-3-21-15-10-14(17(15)8-5-9-17)18-13-7-4-6-12(11(13)2)16(19)20/h4,6-7,14-15,18H,3,5,8-10H2,1-2H3,(H,19,20). The Bertz CT molecular complexity index is 551. The first-order valence-corrected chi connectivity index (χ1v) is 7.79. The number of aromatic carboxylic acids is 1. The Balaban J connectivity index is 1.76. The molecule has 0 heterocycles. The van der Waals surface area contributed by atoms with Gasteiger partial charge in [-0.05, 0) is 50.8 Å². The van der Waals surface area contributed by atoms with E-state index in [4.69, 9.17) is 4.74 Å². The van der Waals surface area contributed by atoms with Gasteiger partial charge in [0.2, 0.25) is 0 Å². The summed E-state index contributed by atoms with van der Waals surface area (Å²) in [5, 5.41) is 12.8. The second-order valence-corrected chi connectivity index (χ2v) is 6.25. The number of carboxylic acid groups (broad SMARTS) is 1. The molecule has 1 aromatic carbocycles. The molecule has 2 aliphatic rings. The third kappa shape index (κ3) is 2.22. The van der Waals surface area contributed by atoms with E-state index in [-0.39, 0.29) is 5.41 Å². The molecule has 2 fully saturated rings. The largest absolute Gasteiger partial charge is 0.478 e. The summed E-state index contributed by atoms with van der Waals surface area (Å²) in [6.07, 6.45) is 5.09. The van der Waals surface area contributed by atoms with Gasteiger partial charge >= 0.3 is 5.97 Å². The molecule has 0 saturated heterocycles. The number of nitrogens with one attached hydrogen (secondary N) is 1. The van der Waals surface area contributed by atoms with Crippen LogP contribution in [0, 0.1) is 12.3 Å². The molecule has 114 valence electrons. The van der Waals surface area contributed by atoms with Crippen molar-refractivity contribution in [3.8, 4) is 0 Å². The molecular formula is C17H23NO3. The van der Waals surface area contributed by atoms with E-state index in [9.17, 15) is 9.90 Å². The molecule has 1 aromatic rings. The molecule has 1 spiro atoms. The van der Waals surface area contributed by atoms with E-state index in [0.29, 0.717) is 17.7 Å². The third-order valence-electron chi connectivity index (χ3n) is 5.33. The number of rotatable bonds is 5. The van der Waals surface area contributed by atoms with Crippen molar-refractivity contribution in [3.05, 3.63) is 29.3 Å². The van der Waals surface area contributed by atoms with Crippen LogP contribution in [0.3, 0.4) is 0 Å². The van der Waals surface area contributed by atoms with E-state index in [1.54, 1.807) is 6.07 Å². The number of hydrogen-bond donors (Lipinski definition) is 2. The van der Waals surface area contributed by atoms with Gasteiger partial charge in [-0.25, -0.2) is 4.79 Å². The Morgan fingerprint density at radius 3 is 2.81 bits per heavy atom. The molecular weight excluding hydrogens is 266 g/mol. The first-order valence-electron chi connectivity index (χ1n) is 7.79. The quantitative estimate of drug-likeness (QED) is 0.871. The van der Waals surface area contributed by atoms with Crippen LogP contribution in [0.1, 0.15) is 48.5 Å². The van der Waals surface area contributed by atoms with Crippen molar-refractivity contribution >= 4 is 11.7 Å². The van der Waals surface area contributed by atoms with Crippen molar-refractivity contribution in [1.29, 1.82) is 0 Å². The fourth-order valence-electron chi connectivity index (χ4n) is 3.85. The van der Waals surface area contributed by atoms with Crippen molar-refractivity contribution in [2.24, 2.45) is 5.41 Å². The molecule has 0 amide bonds. The highest BCUT2D eigenvalue weighted by atomic mass is 16.5. The molecule has 2 aliphatic carbocycles. The fourth-order valence-corrected chi connectivity index (χ4v) is 3.85. The second-order valence-electron chi connectivity index (χ2n) is 6.25. The Hall–Kier alpha value is -1.55. The molecule has 2 unspecified atom stereocenters. The summed E-state index contributed by atoms with van der Waals surface area (Å²) in [5.41, 5.74) is 2.42. The average Bonchev–Trinajstić information content (AvgIpc) is 2.37. The molecule has 3 rings (SSSR count). The van der Waals surface area contributed by atoms with Gasteiger partial charge in [0.05, 0.1) is 11.7 Å². The van der Waals surface area contributed by atoms with Gasteiger partial charge in [0.25, 0.3) is 0 Å². The zero-order valence-corrected chi connectivity index (χ0v) is 12.7. The van der Waals surface area contributed by atoms with E-state index >= 15 is 0 Å². The first kappa shape index (κ1) is 14.4. The van der Waals surface area contributed by atoms with Crippen LogP contribution < -0.4 is 5.32 Å². The maximum Gasteiger partial charge on any atom is 0.336 e. The van der Waals surface area contributed by atoms with Gasteiger partial charge < -0.3 is 15.2 Å². The summed E-state index contributed by atoms with van der Waals surface area (Å²) < 4.78 is 5.86. The van der Waals surface area contributed by atoms with Gasteiger partial charge in [-0.1, -0.05) is 12.5 Å². The number of carbonyl (C=O) groups is 1. The van der Waals surface area contributed by atoms with Gasteiger partial charge in [0.15, 0.2) is 0 Å². The van der Waals surface area contributed by atoms with Crippen LogP contribution in [-0.4, -0.2) is 29.8 Å². The topological polar surface area (TPSA) is 58.6 Å². The van der Waals surface area contributed by atoms with Crippen LogP contribution in [0.15, 0.2) is 18.2 Å². The summed E-state index contributed by atoms with van der Waals surface area (Å²) in [5.74, 6) is -0.865. The van der Waals surface area contributed by atoms with Gasteiger partial charge in [-0.2, -0.15) is 0 Å². The lowest BCUT2D eigenvalue weighted by Gasteiger charge is -2.61. The van der Waals surface area contributed by atoms with E-state index in [1.807, 2.05) is 26.0 Å². The smallest absolute Gasteiger partial charge is 0.336 e. The zero-order valence-electron chi connectivity index (χ0n) is 12.7. The number of anilines is 1. The Morgan fingerprint density at radius 2 is 2.24 bits per heavy atom. The maximum absolute atomic E-state index is 11.2. The SMILES string of the molecule is CCOC1CC(Nc2cccc(C(=O)O)c2C)C12CCC2. The van der Waals surface area contributed by atoms with Gasteiger partial charge in [-0.3, -0.25) is 0 Å². The molecule has 2 atom stereocenters. The van der Waals surface area contributed by atoms with E-state index in [1.165, 1.54) is 19.3 Å². The normalized spacial score (nSPS) is 26.0. The van der Waals surface area contributed by atoms with Crippen LogP contribution in [0.2, 0.25) is 0 Å². The predicted octanol–water partition coefficient (Wildman–Crippen LogP) is 3.45. The lowest BCUT2D eigenvalue weighted by Crippen LogP contribution is -2.64. The van der Waals surface area contributed by atoms with Crippen molar-refractivity contribution in [2.45, 2.75) is 51.7 Å². The summed E-state index contributed by atoms with van der Waals surface area (Å²) in [6.45, 7) is 4.69. The van der Waals surface area contributed by atoms with Crippen LogP contribution in [0.5, 0.6) is 0 Å². The highest BCUT2D eigenvalue weighted by Crippen LogP contribution is 2.58. The van der Waals surface area contributed by atoms with Crippen LogP contribution >= 0.6 is 0 Å². The summed E-state index contributed by atoms with van der Waals surface area (Å²) >= 11 is 0. The Morgan fingerprint density at radius 1 is 1.48 bits per heavy atom. The Labute approximate surface area is 125 Å². The lowest BCUT2D eigenvalue weighted by atomic mass is 9.51. The lowest BCUT2D eigenvalue weighted by molar-refractivity contribution is -0.157. The molecule has 0 aliphatic heterocycles. The Kier molecular flexibility index (Phi) is 3.66. The summed E-state index contributed by atoms with van der Waals surface area (Å²) in [7, 11) is 0. The highest BCUT2D eigenvalue weighted by Gasteiger charge is 2.58. The van der Waals surface area contributed by atoms with Crippen molar-refractivity contribution in [3.63, 3.8) is 0 Å². The molecule has 0 aromatic heterocycles. The van der Waals surface area contributed by atoms with Crippen LogP contribution in [-0.2, 0) is 4.74 Å². The average molecular weight is 289 g/mol. The van der Waals surface area contributed by atoms with Crippen molar-refractivity contribution in [2.75, 3.05) is 11.9 Å². The van der Waals surface area contributed by atoms with Gasteiger partial charge in [0, 0.05) is 23.8 Å². The monoisotopic (exact) mass is 289 g/mol. The van der Waals surface area contributed by atoms with Crippen LogP contribution in [0.25, 0.3) is 0 Å². The first-order chi connectivity index (χ1) is 10.1. The molecule has 21 heavy (non-hydrogen) atoms. The maximum atomic E-state index is 11.2. The van der Waals surface area contributed by atoms with E-state index in [2.05, 4.69) is 5.32 Å². The van der Waals surface area contributed by atoms with E-state index < -0.39 is 5.97 Å². The van der Waals surface area contributed by atoms with Gasteiger partial charge in [-0.15, -0.1) is 0 Å². The highest BCUT2D eigenvalue weighted by molar-refractivity contribution is 5.91. The minimum absolute atomic E-state index is 0.279. The van der Waals surface area contributed by atoms with Crippen LogP contribution in [0.4, 0.5) is 5.69 Å². The minimum Gasteiger partial charge on any atom is -0.478 e. The van der Waals surface area contributed by atoms with Crippen molar-refractivity contribution < 1.29 is 14.6 Å². The van der Waals surface area contributed by atoms with Gasteiger partial charge in [0.1, 0.15) is 0 Å². The summed E-state index contributed by atoms with van der Waals surface area (Å²) in [4.78, 5) is 11.2. The summed E-state index contributed by atoms with van der Waals surface area (Å²) in [6, 6.07) is 5.85. The molecule has 2 N–H and O–H groups in total. The number of benzene rings is 1. The molecule has 0 radical (unpaired) electrons. The minimum atomic E-state index is -0.865. The predicted molar refractivity (Wildman–Crippen MR) is 81.9 cm³/mol. The molecule has 2 saturated carbocycles. The third-order valence-corrected chi connectivity index (χ3v) is 5.33. The second kappa shape index (κ2) is 5.34. The molecule has 4 nitrogen and oxygen atoms in total. The fraction of sp³-hybridized carbons (Fsp3) is 0.588. The number of carboxylic acids is 1. The van der Waals surface area contributed by atoms with E-state index in [0.717, 1.165) is 24.3 Å². The zero-order chi connectivity index (χ0) is 15.0. The molecule has 0 bridgehead atoms. The van der Waals surface area contributed by atoms with Crippen molar-refractivity contribution in [1.82, 2.24) is 0 Å². The number of hydrogen-bond acceptors (Lipinski definition) is 3. The number of ether oxygens (including phenoxy) is 1. The molecule has 4 heteroatoms.